The van der Waals surface area contributed by atoms with Crippen LogP contribution in [0.2, 0.25) is 0 Å². The molecule has 0 aliphatic carbocycles. The molecule has 0 saturated heterocycles. The van der Waals surface area contributed by atoms with E-state index in [0.29, 0.717) is 51.0 Å². The van der Waals surface area contributed by atoms with Crippen molar-refractivity contribution < 1.29 is 43.5 Å². The summed E-state index contributed by atoms with van der Waals surface area (Å²) in [5.41, 5.74) is -0.129. The molecule has 10 nitrogen and oxygen atoms in total. The quantitative estimate of drug-likeness (QED) is 0.372. The molecule has 0 atom stereocenters. The molecule has 0 aliphatic heterocycles. The van der Waals surface area contributed by atoms with E-state index in [9.17, 15) is 14.4 Å². The maximum absolute atomic E-state index is 12.4. The van der Waals surface area contributed by atoms with Crippen LogP contribution >= 0.6 is 0 Å². The van der Waals surface area contributed by atoms with Crippen LogP contribution < -0.4 is 10.1 Å². The molecule has 0 fully saturated rings. The highest BCUT2D eigenvalue weighted by atomic mass is 16.6. The van der Waals surface area contributed by atoms with Gasteiger partial charge < -0.3 is 34.5 Å². The number of anilines is 1. The first-order valence-corrected chi connectivity index (χ1v) is 9.71. The van der Waals surface area contributed by atoms with Crippen molar-refractivity contribution in [3.05, 3.63) is 59.2 Å². The number of methoxy groups -OCH3 is 1. The molecule has 0 bridgehead atoms. The largest absolute Gasteiger partial charge is 0.491 e. The Hall–Kier alpha value is -3.47. The van der Waals surface area contributed by atoms with E-state index in [1.807, 2.05) is 0 Å². The Kier molecular flexibility index (Phi) is 10.1. The maximum Gasteiger partial charge on any atom is 0.335 e. The Bertz CT molecular complexity index is 880. The van der Waals surface area contributed by atoms with Crippen molar-refractivity contribution in [3.8, 4) is 5.75 Å². The fraction of sp³-hybridized carbons (Fsp3) is 0.318. The minimum atomic E-state index is -1.30. The van der Waals surface area contributed by atoms with Gasteiger partial charge in [-0.1, -0.05) is 0 Å². The van der Waals surface area contributed by atoms with E-state index in [1.54, 1.807) is 19.2 Å². The average molecular weight is 447 g/mol. The zero-order valence-electron chi connectivity index (χ0n) is 17.5. The summed E-state index contributed by atoms with van der Waals surface area (Å²) in [6.45, 7) is 2.66. The van der Waals surface area contributed by atoms with Crippen molar-refractivity contribution in [2.75, 3.05) is 52.1 Å². The van der Waals surface area contributed by atoms with Gasteiger partial charge in [0, 0.05) is 18.4 Å². The summed E-state index contributed by atoms with van der Waals surface area (Å²) in [7, 11) is 1.60. The van der Waals surface area contributed by atoms with E-state index in [1.165, 1.54) is 24.3 Å². The predicted octanol–water partition coefficient (Wildman–Crippen LogP) is 2.39. The van der Waals surface area contributed by atoms with Crippen LogP contribution in [0.1, 0.15) is 31.1 Å². The molecular weight excluding hydrogens is 422 g/mol. The number of carbonyl (C=O) groups is 3. The molecule has 0 spiro atoms. The van der Waals surface area contributed by atoms with Crippen LogP contribution in [0.15, 0.2) is 42.5 Å². The first-order valence-electron chi connectivity index (χ1n) is 9.71. The fourth-order valence-electron chi connectivity index (χ4n) is 2.54. The Balaban J connectivity index is 1.82. The molecule has 3 N–H and O–H groups in total. The van der Waals surface area contributed by atoms with Crippen LogP contribution in [-0.4, -0.2) is 74.8 Å². The summed E-state index contributed by atoms with van der Waals surface area (Å²) in [6.07, 6.45) is 0. The van der Waals surface area contributed by atoms with Crippen molar-refractivity contribution in [3.63, 3.8) is 0 Å². The van der Waals surface area contributed by atoms with Crippen LogP contribution in [0.25, 0.3) is 0 Å². The Morgan fingerprint density at radius 1 is 0.750 bits per heavy atom. The monoisotopic (exact) mass is 447 g/mol. The molecule has 0 radical (unpaired) electrons. The molecule has 0 aromatic heterocycles. The van der Waals surface area contributed by atoms with Crippen molar-refractivity contribution in [2.24, 2.45) is 0 Å². The highest BCUT2D eigenvalue weighted by Gasteiger charge is 2.14. The molecule has 32 heavy (non-hydrogen) atoms. The van der Waals surface area contributed by atoms with Gasteiger partial charge in [0.2, 0.25) is 0 Å². The summed E-state index contributed by atoms with van der Waals surface area (Å²) in [5, 5.41) is 20.7. The van der Waals surface area contributed by atoms with Crippen LogP contribution in [-0.2, 0) is 14.2 Å². The molecular formula is C22H25NO9. The minimum absolute atomic E-state index is 0.0657. The molecule has 2 rings (SSSR count). The SMILES string of the molecule is COCCOCCOCCOc1ccc(C(=O)Nc2cc(C(=O)O)cc(C(=O)O)c2)cc1. The van der Waals surface area contributed by atoms with Crippen LogP contribution in [0, 0.1) is 0 Å². The normalized spacial score (nSPS) is 10.5. The van der Waals surface area contributed by atoms with Crippen LogP contribution in [0.5, 0.6) is 5.75 Å². The Morgan fingerprint density at radius 3 is 1.81 bits per heavy atom. The number of hydrogen-bond acceptors (Lipinski definition) is 7. The summed E-state index contributed by atoms with van der Waals surface area (Å²) < 4.78 is 21.0. The van der Waals surface area contributed by atoms with E-state index in [4.69, 9.17) is 29.2 Å². The Morgan fingerprint density at radius 2 is 1.28 bits per heavy atom. The van der Waals surface area contributed by atoms with Crippen molar-refractivity contribution >= 4 is 23.5 Å². The summed E-state index contributed by atoms with van der Waals surface area (Å²) in [4.78, 5) is 34.8. The zero-order valence-corrected chi connectivity index (χ0v) is 17.5. The number of nitrogens with one attached hydrogen (secondary N) is 1. The number of carboxylic acids is 2. The van der Waals surface area contributed by atoms with E-state index in [0.717, 1.165) is 6.07 Å². The highest BCUT2D eigenvalue weighted by molar-refractivity contribution is 6.05. The molecule has 0 aliphatic rings. The third-order valence-corrected chi connectivity index (χ3v) is 4.10. The lowest BCUT2D eigenvalue weighted by atomic mass is 10.1. The summed E-state index contributed by atoms with van der Waals surface area (Å²) >= 11 is 0. The van der Waals surface area contributed by atoms with E-state index < -0.39 is 17.8 Å². The van der Waals surface area contributed by atoms with Gasteiger partial charge in [-0.15, -0.1) is 0 Å². The van der Waals surface area contributed by atoms with Crippen molar-refractivity contribution in [2.45, 2.75) is 0 Å². The van der Waals surface area contributed by atoms with Gasteiger partial charge in [-0.25, -0.2) is 9.59 Å². The van der Waals surface area contributed by atoms with E-state index in [-0.39, 0.29) is 16.8 Å². The van der Waals surface area contributed by atoms with Crippen molar-refractivity contribution in [1.82, 2.24) is 0 Å². The molecule has 10 heteroatoms. The zero-order chi connectivity index (χ0) is 23.3. The lowest BCUT2D eigenvalue weighted by Crippen LogP contribution is -2.14. The van der Waals surface area contributed by atoms with Gasteiger partial charge in [-0.2, -0.15) is 0 Å². The van der Waals surface area contributed by atoms with Gasteiger partial charge >= 0.3 is 11.9 Å². The van der Waals surface area contributed by atoms with Crippen LogP contribution in [0.4, 0.5) is 5.69 Å². The maximum atomic E-state index is 12.4. The number of benzene rings is 2. The second-order valence-corrected chi connectivity index (χ2v) is 6.45. The summed E-state index contributed by atoms with van der Waals surface area (Å²) in [5.74, 6) is -2.57. The number of amides is 1. The molecule has 172 valence electrons. The number of hydrogen-bond donors (Lipinski definition) is 3. The number of rotatable bonds is 14. The van der Waals surface area contributed by atoms with Gasteiger partial charge in [-0.3, -0.25) is 4.79 Å². The second-order valence-electron chi connectivity index (χ2n) is 6.45. The van der Waals surface area contributed by atoms with Gasteiger partial charge in [-0.05, 0) is 42.5 Å². The standard InChI is InChI=1S/C22H25NO9/c1-29-6-7-30-8-9-31-10-11-32-19-4-2-15(3-5-19)20(24)23-18-13-16(21(25)26)12-17(14-18)22(27)28/h2-5,12-14H,6-11H2,1H3,(H,23,24)(H,25,26)(H,27,28). The highest BCUT2D eigenvalue weighted by Crippen LogP contribution is 2.18. The van der Waals surface area contributed by atoms with Crippen molar-refractivity contribution in [1.29, 1.82) is 0 Å². The topological polar surface area (TPSA) is 141 Å². The van der Waals surface area contributed by atoms with Crippen LogP contribution in [0.3, 0.4) is 0 Å². The lowest BCUT2D eigenvalue weighted by Gasteiger charge is -2.10. The lowest BCUT2D eigenvalue weighted by molar-refractivity contribution is 0.0180. The third-order valence-electron chi connectivity index (χ3n) is 4.10. The third kappa shape index (κ3) is 8.34. The molecule has 2 aromatic rings. The molecule has 1 amide bonds. The van der Waals surface area contributed by atoms with E-state index in [2.05, 4.69) is 5.32 Å². The average Bonchev–Trinajstić information content (AvgIpc) is 2.78. The molecule has 0 heterocycles. The number of carbonyl (C=O) groups excluding carboxylic acids is 1. The first-order chi connectivity index (χ1) is 15.4. The van der Waals surface area contributed by atoms with Gasteiger partial charge in [0.15, 0.2) is 0 Å². The second kappa shape index (κ2) is 13.1. The molecule has 0 saturated carbocycles. The smallest absolute Gasteiger partial charge is 0.335 e. The molecule has 0 unspecified atom stereocenters. The summed E-state index contributed by atoms with van der Waals surface area (Å²) in [6, 6.07) is 9.69. The van der Waals surface area contributed by atoms with Gasteiger partial charge in [0.05, 0.1) is 44.2 Å². The van der Waals surface area contributed by atoms with E-state index >= 15 is 0 Å². The number of ether oxygens (including phenoxy) is 4. The molecule has 2 aromatic carbocycles. The fourth-order valence-corrected chi connectivity index (χ4v) is 2.54. The number of aromatic carboxylic acids is 2. The first kappa shape index (κ1) is 24.8. The number of carboxylic acid groups (broad SMARTS) is 2. The van der Waals surface area contributed by atoms with Gasteiger partial charge in [0.1, 0.15) is 12.4 Å². The minimum Gasteiger partial charge on any atom is -0.491 e. The Labute approximate surface area is 184 Å². The predicted molar refractivity (Wildman–Crippen MR) is 114 cm³/mol. The van der Waals surface area contributed by atoms with Gasteiger partial charge in [0.25, 0.3) is 5.91 Å².